The molecule has 1 aromatic heterocycles. The van der Waals surface area contributed by atoms with Crippen molar-refractivity contribution < 1.29 is 9.34 Å². The first-order valence-corrected chi connectivity index (χ1v) is 5.76. The van der Waals surface area contributed by atoms with Crippen molar-refractivity contribution in [3.63, 3.8) is 0 Å². The summed E-state index contributed by atoms with van der Waals surface area (Å²) in [7, 11) is 0. The van der Waals surface area contributed by atoms with Gasteiger partial charge in [0.15, 0.2) is 5.58 Å². The Bertz CT molecular complexity index is 763. The van der Waals surface area contributed by atoms with Crippen LogP contribution in [0.5, 0.6) is 0 Å². The molecule has 2 aromatic carbocycles. The van der Waals surface area contributed by atoms with Gasteiger partial charge in [-0.1, -0.05) is 18.2 Å². The quantitative estimate of drug-likeness (QED) is 0.516. The molecule has 94 valence electrons. The Morgan fingerprint density at radius 1 is 1.21 bits per heavy atom. The van der Waals surface area contributed by atoms with E-state index in [1.54, 1.807) is 6.92 Å². The van der Waals surface area contributed by atoms with E-state index in [0.29, 0.717) is 22.6 Å². The summed E-state index contributed by atoms with van der Waals surface area (Å²) in [5.41, 5.74) is 2.67. The maximum absolute atomic E-state index is 10.8. The first-order chi connectivity index (χ1) is 9.15. The van der Waals surface area contributed by atoms with Crippen LogP contribution in [-0.2, 0) is 0 Å². The SMILES string of the molecule is Cc1cc([N+](=O)[O-])cc2nc(-c3ccccc3)oc12. The number of nitro benzene ring substituents is 1. The summed E-state index contributed by atoms with van der Waals surface area (Å²) in [6, 6.07) is 12.4. The lowest BCUT2D eigenvalue weighted by atomic mass is 10.2. The van der Waals surface area contributed by atoms with Crippen LogP contribution in [-0.4, -0.2) is 9.91 Å². The van der Waals surface area contributed by atoms with Crippen LogP contribution in [0.2, 0.25) is 0 Å². The summed E-state index contributed by atoms with van der Waals surface area (Å²) < 4.78 is 5.69. The van der Waals surface area contributed by atoms with Crippen molar-refractivity contribution in [2.45, 2.75) is 6.92 Å². The van der Waals surface area contributed by atoms with Gasteiger partial charge in [0, 0.05) is 23.3 Å². The van der Waals surface area contributed by atoms with Gasteiger partial charge in [0.05, 0.1) is 4.92 Å². The van der Waals surface area contributed by atoms with Gasteiger partial charge in [-0.05, 0) is 19.1 Å². The number of aromatic nitrogens is 1. The van der Waals surface area contributed by atoms with Crippen molar-refractivity contribution in [2.24, 2.45) is 0 Å². The smallest absolute Gasteiger partial charge is 0.272 e. The van der Waals surface area contributed by atoms with Crippen LogP contribution in [0.1, 0.15) is 5.56 Å². The lowest BCUT2D eigenvalue weighted by Gasteiger charge is -1.94. The molecule has 5 nitrogen and oxygen atoms in total. The van der Waals surface area contributed by atoms with E-state index in [0.717, 1.165) is 5.56 Å². The number of nitro groups is 1. The zero-order valence-corrected chi connectivity index (χ0v) is 10.2. The molecule has 3 aromatic rings. The highest BCUT2D eigenvalue weighted by Crippen LogP contribution is 2.29. The van der Waals surface area contributed by atoms with Gasteiger partial charge in [0.25, 0.3) is 5.69 Å². The summed E-state index contributed by atoms with van der Waals surface area (Å²) in [6.45, 7) is 1.77. The Morgan fingerprint density at radius 2 is 1.95 bits per heavy atom. The molecule has 3 rings (SSSR count). The van der Waals surface area contributed by atoms with Crippen molar-refractivity contribution in [1.29, 1.82) is 0 Å². The fraction of sp³-hybridized carbons (Fsp3) is 0.0714. The molecule has 1 heterocycles. The lowest BCUT2D eigenvalue weighted by Crippen LogP contribution is -1.88. The molecule has 0 saturated heterocycles. The maximum atomic E-state index is 10.8. The van der Waals surface area contributed by atoms with Crippen LogP contribution in [0, 0.1) is 17.0 Å². The summed E-state index contributed by atoms with van der Waals surface area (Å²) in [4.78, 5) is 14.7. The second kappa shape index (κ2) is 4.20. The first-order valence-electron chi connectivity index (χ1n) is 5.76. The molecule has 0 spiro atoms. The summed E-state index contributed by atoms with van der Waals surface area (Å²) in [6.07, 6.45) is 0. The highest BCUT2D eigenvalue weighted by Gasteiger charge is 2.15. The largest absolute Gasteiger partial charge is 0.436 e. The molecular weight excluding hydrogens is 244 g/mol. The minimum absolute atomic E-state index is 0.0258. The van der Waals surface area contributed by atoms with Crippen molar-refractivity contribution in [2.75, 3.05) is 0 Å². The van der Waals surface area contributed by atoms with Gasteiger partial charge < -0.3 is 4.42 Å². The summed E-state index contributed by atoms with van der Waals surface area (Å²) in [5, 5.41) is 10.8. The normalized spacial score (nSPS) is 10.8. The molecule has 19 heavy (non-hydrogen) atoms. The molecule has 5 heteroatoms. The predicted molar refractivity (Wildman–Crippen MR) is 70.8 cm³/mol. The number of hydrogen-bond acceptors (Lipinski definition) is 4. The zero-order chi connectivity index (χ0) is 13.4. The van der Waals surface area contributed by atoms with Gasteiger partial charge in [-0.3, -0.25) is 10.1 Å². The Hall–Kier alpha value is -2.69. The highest BCUT2D eigenvalue weighted by atomic mass is 16.6. The molecule has 0 unspecified atom stereocenters. The number of rotatable bonds is 2. The molecule has 0 bridgehead atoms. The third-order valence-electron chi connectivity index (χ3n) is 2.89. The lowest BCUT2D eigenvalue weighted by molar-refractivity contribution is -0.384. The maximum Gasteiger partial charge on any atom is 0.272 e. The molecule has 0 N–H and O–H groups in total. The second-order valence-electron chi connectivity index (χ2n) is 4.25. The van der Waals surface area contributed by atoms with Crippen LogP contribution in [0.3, 0.4) is 0 Å². The van der Waals surface area contributed by atoms with E-state index >= 15 is 0 Å². The molecule has 0 aliphatic heterocycles. The first kappa shape index (κ1) is 11.4. The zero-order valence-electron chi connectivity index (χ0n) is 10.2. The van der Waals surface area contributed by atoms with Crippen LogP contribution in [0.4, 0.5) is 5.69 Å². The van der Waals surface area contributed by atoms with Crippen molar-refractivity contribution in [1.82, 2.24) is 4.98 Å². The average molecular weight is 254 g/mol. The predicted octanol–water partition coefficient (Wildman–Crippen LogP) is 3.71. The van der Waals surface area contributed by atoms with E-state index in [9.17, 15) is 10.1 Å². The number of benzene rings is 2. The van der Waals surface area contributed by atoms with Crippen molar-refractivity contribution in [3.8, 4) is 11.5 Å². The van der Waals surface area contributed by atoms with Crippen molar-refractivity contribution >= 4 is 16.8 Å². The van der Waals surface area contributed by atoms with Gasteiger partial charge in [-0.25, -0.2) is 4.98 Å². The summed E-state index contributed by atoms with van der Waals surface area (Å²) in [5.74, 6) is 0.471. The Kier molecular flexibility index (Phi) is 2.52. The molecule has 0 amide bonds. The van der Waals surface area contributed by atoms with E-state index in [-0.39, 0.29) is 5.69 Å². The monoisotopic (exact) mass is 254 g/mol. The fourth-order valence-electron chi connectivity index (χ4n) is 1.99. The van der Waals surface area contributed by atoms with E-state index in [4.69, 9.17) is 4.42 Å². The summed E-state index contributed by atoms with van der Waals surface area (Å²) >= 11 is 0. The van der Waals surface area contributed by atoms with E-state index in [1.807, 2.05) is 30.3 Å². The highest BCUT2D eigenvalue weighted by molar-refractivity contribution is 5.81. The molecule has 0 atom stereocenters. The molecule has 0 aliphatic carbocycles. The number of hydrogen-bond donors (Lipinski definition) is 0. The van der Waals surface area contributed by atoms with Crippen LogP contribution < -0.4 is 0 Å². The van der Waals surface area contributed by atoms with Crippen molar-refractivity contribution in [3.05, 3.63) is 58.1 Å². The number of nitrogens with zero attached hydrogens (tertiary/aromatic N) is 2. The van der Waals surface area contributed by atoms with Crippen LogP contribution >= 0.6 is 0 Å². The molecule has 0 radical (unpaired) electrons. The standard InChI is InChI=1S/C14H10N2O3/c1-9-7-11(16(17)18)8-12-13(9)19-14(15-12)10-5-3-2-4-6-10/h2-8H,1H3. The fourth-order valence-corrected chi connectivity index (χ4v) is 1.99. The van der Waals surface area contributed by atoms with Gasteiger partial charge in [-0.2, -0.15) is 0 Å². The average Bonchev–Trinajstić information content (AvgIpc) is 2.84. The Labute approximate surface area is 108 Å². The minimum Gasteiger partial charge on any atom is -0.436 e. The van der Waals surface area contributed by atoms with Gasteiger partial charge >= 0.3 is 0 Å². The van der Waals surface area contributed by atoms with E-state index in [1.165, 1.54) is 12.1 Å². The van der Waals surface area contributed by atoms with Crippen LogP contribution in [0.25, 0.3) is 22.6 Å². The molecule has 0 aliphatic rings. The van der Waals surface area contributed by atoms with Gasteiger partial charge in [0.1, 0.15) is 5.52 Å². The number of oxazole rings is 1. The van der Waals surface area contributed by atoms with E-state index < -0.39 is 4.92 Å². The minimum atomic E-state index is -0.427. The van der Waals surface area contributed by atoms with Crippen LogP contribution in [0.15, 0.2) is 46.9 Å². The molecule has 0 fully saturated rings. The number of non-ortho nitro benzene ring substituents is 1. The number of fused-ring (bicyclic) bond motifs is 1. The third kappa shape index (κ3) is 1.95. The molecular formula is C14H10N2O3. The third-order valence-corrected chi connectivity index (χ3v) is 2.89. The Balaban J connectivity index is 2.21. The Morgan fingerprint density at radius 3 is 2.63 bits per heavy atom. The van der Waals surface area contributed by atoms with Gasteiger partial charge in [0.2, 0.25) is 5.89 Å². The second-order valence-corrected chi connectivity index (χ2v) is 4.25. The molecule has 0 saturated carbocycles. The van der Waals surface area contributed by atoms with E-state index in [2.05, 4.69) is 4.98 Å². The number of aryl methyl sites for hydroxylation is 1. The topological polar surface area (TPSA) is 69.2 Å². The van der Waals surface area contributed by atoms with Gasteiger partial charge in [-0.15, -0.1) is 0 Å².